The largest absolute Gasteiger partial charge is 0.497 e. The minimum atomic E-state index is -0.655. The summed E-state index contributed by atoms with van der Waals surface area (Å²) in [4.78, 5) is 16.9. The minimum Gasteiger partial charge on any atom is -0.497 e. The molecule has 0 saturated carbocycles. The van der Waals surface area contributed by atoms with Gasteiger partial charge >= 0.3 is 0 Å². The van der Waals surface area contributed by atoms with Crippen LogP contribution in [0, 0.1) is 0 Å². The van der Waals surface area contributed by atoms with Gasteiger partial charge in [-0.1, -0.05) is 12.1 Å². The third kappa shape index (κ3) is 5.44. The van der Waals surface area contributed by atoms with Crippen LogP contribution in [0.15, 0.2) is 47.0 Å². The quantitative estimate of drug-likeness (QED) is 0.526. The number of benzene rings is 2. The van der Waals surface area contributed by atoms with E-state index >= 15 is 0 Å². The van der Waals surface area contributed by atoms with Crippen LogP contribution in [0.2, 0.25) is 0 Å². The van der Waals surface area contributed by atoms with Crippen LogP contribution in [0.5, 0.6) is 23.0 Å². The van der Waals surface area contributed by atoms with Crippen LogP contribution in [0.3, 0.4) is 0 Å². The van der Waals surface area contributed by atoms with Crippen molar-refractivity contribution >= 4 is 5.91 Å². The molecule has 0 bridgehead atoms. The van der Waals surface area contributed by atoms with Crippen LogP contribution in [-0.2, 0) is 11.3 Å². The number of hydrogen-bond acceptors (Lipinski definition) is 8. The molecule has 0 unspecified atom stereocenters. The van der Waals surface area contributed by atoms with Crippen molar-refractivity contribution in [1.29, 1.82) is 0 Å². The first-order chi connectivity index (χ1) is 15.1. The van der Waals surface area contributed by atoms with E-state index in [1.165, 1.54) is 0 Å². The number of nitrogens with zero attached hydrogens (tertiary/aromatic N) is 2. The average Bonchev–Trinajstić information content (AvgIpc) is 3.29. The molecule has 2 aromatic carbocycles. The number of ether oxygens (including phenoxy) is 4. The molecule has 31 heavy (non-hydrogen) atoms. The van der Waals surface area contributed by atoms with Gasteiger partial charge in [0.15, 0.2) is 6.10 Å². The predicted octanol–water partition coefficient (Wildman–Crippen LogP) is 3.24. The fraction of sp³-hybridized carbons (Fsp3) is 0.318. The first-order valence-electron chi connectivity index (χ1n) is 9.71. The summed E-state index contributed by atoms with van der Waals surface area (Å²) in [7, 11) is 4.71. The fourth-order valence-corrected chi connectivity index (χ4v) is 2.84. The monoisotopic (exact) mass is 427 g/mol. The maximum atomic E-state index is 12.5. The molecule has 0 aliphatic rings. The molecule has 0 radical (unpaired) electrons. The summed E-state index contributed by atoms with van der Waals surface area (Å²) < 4.78 is 26.7. The highest BCUT2D eigenvalue weighted by atomic mass is 16.5. The zero-order valence-electron chi connectivity index (χ0n) is 17.9. The Morgan fingerprint density at radius 2 is 1.68 bits per heavy atom. The molecule has 3 aromatic rings. The standard InChI is InChI=1S/C22H25N3O6/c1-5-18(30-15-8-6-14(27-2)7-9-15)22(26)23-13-20-24-21(25-31-20)17-11-10-16(28-3)12-19(17)29-4/h6-12,18H,5,13H2,1-4H3,(H,23,26)/t18-/m0/s1. The highest BCUT2D eigenvalue weighted by molar-refractivity contribution is 5.81. The number of aromatic nitrogens is 2. The van der Waals surface area contributed by atoms with Gasteiger partial charge in [-0.05, 0) is 42.8 Å². The molecule has 0 spiro atoms. The summed E-state index contributed by atoms with van der Waals surface area (Å²) in [6.07, 6.45) is -0.159. The van der Waals surface area contributed by atoms with E-state index in [-0.39, 0.29) is 18.3 Å². The van der Waals surface area contributed by atoms with Crippen LogP contribution < -0.4 is 24.3 Å². The molecule has 1 atom stereocenters. The van der Waals surface area contributed by atoms with E-state index in [0.29, 0.717) is 40.8 Å². The Kier molecular flexibility index (Phi) is 7.31. The van der Waals surface area contributed by atoms with E-state index in [9.17, 15) is 4.79 Å². The van der Waals surface area contributed by atoms with Crippen molar-refractivity contribution in [3.8, 4) is 34.4 Å². The predicted molar refractivity (Wildman–Crippen MR) is 112 cm³/mol. The lowest BCUT2D eigenvalue weighted by Crippen LogP contribution is -2.37. The Morgan fingerprint density at radius 3 is 2.32 bits per heavy atom. The van der Waals surface area contributed by atoms with Gasteiger partial charge in [-0.15, -0.1) is 0 Å². The zero-order chi connectivity index (χ0) is 22.2. The first kappa shape index (κ1) is 21.9. The third-order valence-electron chi connectivity index (χ3n) is 4.53. The number of carbonyl (C=O) groups excluding carboxylic acids is 1. The van der Waals surface area contributed by atoms with Gasteiger partial charge in [0, 0.05) is 6.07 Å². The maximum Gasteiger partial charge on any atom is 0.261 e. The topological polar surface area (TPSA) is 105 Å². The molecule has 0 aliphatic heterocycles. The molecule has 1 N–H and O–H groups in total. The van der Waals surface area contributed by atoms with Gasteiger partial charge in [0.25, 0.3) is 5.91 Å². The SMILES string of the molecule is CC[C@H](Oc1ccc(OC)cc1)C(=O)NCc1nc(-c2ccc(OC)cc2OC)no1. The summed E-state index contributed by atoms with van der Waals surface area (Å²) in [5, 5.41) is 6.74. The Labute approximate surface area is 180 Å². The summed E-state index contributed by atoms with van der Waals surface area (Å²) in [5.74, 6) is 2.83. The number of rotatable bonds is 10. The molecule has 9 heteroatoms. The molecule has 164 valence electrons. The zero-order valence-corrected chi connectivity index (χ0v) is 17.9. The van der Waals surface area contributed by atoms with E-state index in [0.717, 1.165) is 0 Å². The Bertz CT molecular complexity index is 1000. The van der Waals surface area contributed by atoms with Gasteiger partial charge < -0.3 is 28.8 Å². The van der Waals surface area contributed by atoms with Crippen molar-refractivity contribution in [3.05, 3.63) is 48.4 Å². The van der Waals surface area contributed by atoms with Crippen molar-refractivity contribution in [2.45, 2.75) is 26.0 Å². The van der Waals surface area contributed by atoms with Crippen molar-refractivity contribution < 1.29 is 28.3 Å². The second-order valence-electron chi connectivity index (χ2n) is 6.49. The molecule has 9 nitrogen and oxygen atoms in total. The molecule has 0 fully saturated rings. The summed E-state index contributed by atoms with van der Waals surface area (Å²) in [5.41, 5.74) is 0.652. The van der Waals surface area contributed by atoms with Gasteiger partial charge in [0.1, 0.15) is 23.0 Å². The Balaban J connectivity index is 1.62. The lowest BCUT2D eigenvalue weighted by atomic mass is 10.2. The lowest BCUT2D eigenvalue weighted by Gasteiger charge is -2.16. The number of amides is 1. The van der Waals surface area contributed by atoms with Gasteiger partial charge in [-0.2, -0.15) is 4.98 Å². The lowest BCUT2D eigenvalue weighted by molar-refractivity contribution is -0.128. The second-order valence-corrected chi connectivity index (χ2v) is 6.49. The van der Waals surface area contributed by atoms with Crippen LogP contribution in [-0.4, -0.2) is 43.5 Å². The van der Waals surface area contributed by atoms with Crippen LogP contribution in [0.4, 0.5) is 0 Å². The van der Waals surface area contributed by atoms with Crippen LogP contribution in [0.25, 0.3) is 11.4 Å². The van der Waals surface area contributed by atoms with Crippen molar-refractivity contribution in [2.75, 3.05) is 21.3 Å². The molecule has 1 aromatic heterocycles. The molecule has 0 aliphatic carbocycles. The van der Waals surface area contributed by atoms with E-state index in [2.05, 4.69) is 15.5 Å². The smallest absolute Gasteiger partial charge is 0.261 e. The molecule has 0 saturated heterocycles. The second kappa shape index (κ2) is 10.3. The third-order valence-corrected chi connectivity index (χ3v) is 4.53. The molecule has 1 amide bonds. The highest BCUT2D eigenvalue weighted by Crippen LogP contribution is 2.31. The van der Waals surface area contributed by atoms with E-state index in [1.54, 1.807) is 63.8 Å². The normalized spacial score (nSPS) is 11.5. The molecular formula is C22H25N3O6. The van der Waals surface area contributed by atoms with Crippen LogP contribution in [0.1, 0.15) is 19.2 Å². The van der Waals surface area contributed by atoms with Crippen molar-refractivity contribution in [3.63, 3.8) is 0 Å². The van der Waals surface area contributed by atoms with E-state index < -0.39 is 6.10 Å². The van der Waals surface area contributed by atoms with Crippen LogP contribution >= 0.6 is 0 Å². The van der Waals surface area contributed by atoms with Gasteiger partial charge in [0.2, 0.25) is 11.7 Å². The van der Waals surface area contributed by atoms with Crippen molar-refractivity contribution in [2.24, 2.45) is 0 Å². The fourth-order valence-electron chi connectivity index (χ4n) is 2.84. The summed E-state index contributed by atoms with van der Waals surface area (Å²) in [6, 6.07) is 12.3. The Hall–Kier alpha value is -3.75. The summed E-state index contributed by atoms with van der Waals surface area (Å²) >= 11 is 0. The molecule has 3 rings (SSSR count). The number of carbonyl (C=O) groups is 1. The number of hydrogen-bond donors (Lipinski definition) is 1. The van der Waals surface area contributed by atoms with E-state index in [1.807, 2.05) is 6.92 Å². The van der Waals surface area contributed by atoms with Gasteiger partial charge in [-0.3, -0.25) is 4.79 Å². The average molecular weight is 427 g/mol. The molecular weight excluding hydrogens is 402 g/mol. The number of methoxy groups -OCH3 is 3. The number of nitrogens with one attached hydrogen (secondary N) is 1. The highest BCUT2D eigenvalue weighted by Gasteiger charge is 2.20. The van der Waals surface area contributed by atoms with Gasteiger partial charge in [0.05, 0.1) is 33.4 Å². The molecule has 1 heterocycles. The first-order valence-corrected chi connectivity index (χ1v) is 9.71. The maximum absolute atomic E-state index is 12.5. The minimum absolute atomic E-state index is 0.0762. The Morgan fingerprint density at radius 1 is 1.00 bits per heavy atom. The van der Waals surface area contributed by atoms with Crippen molar-refractivity contribution in [1.82, 2.24) is 15.5 Å². The summed E-state index contributed by atoms with van der Waals surface area (Å²) in [6.45, 7) is 1.95. The van der Waals surface area contributed by atoms with E-state index in [4.69, 9.17) is 23.5 Å². The van der Waals surface area contributed by atoms with Gasteiger partial charge in [-0.25, -0.2) is 0 Å².